The normalized spacial score (nSPS) is 26.8. The number of nitrogens with zero attached hydrogens (tertiary/aromatic N) is 1. The highest BCUT2D eigenvalue weighted by molar-refractivity contribution is 5.95. The fraction of sp³-hybridized carbons (Fsp3) is 0.462. The Labute approximate surface area is 115 Å². The first-order chi connectivity index (χ1) is 9.61. The Morgan fingerprint density at radius 1 is 1.45 bits per heavy atom. The average Bonchev–Trinajstić information content (AvgIpc) is 2.88. The standard InChI is InChI=1S/C13H15N3O4/c1-20-11-3-2-7(4-10(11)16(18)19)13(17)15-12-8-5-14-6-9(8)12/h2-4,8-9,12,14H,5-6H2,1H3,(H,15,17). The summed E-state index contributed by atoms with van der Waals surface area (Å²) in [7, 11) is 1.36. The fourth-order valence-electron chi connectivity index (χ4n) is 2.84. The minimum atomic E-state index is -0.550. The Balaban J connectivity index is 1.74. The number of amides is 1. The van der Waals surface area contributed by atoms with Crippen molar-refractivity contribution >= 4 is 11.6 Å². The van der Waals surface area contributed by atoms with E-state index in [1.807, 2.05) is 0 Å². The third-order valence-electron chi connectivity index (χ3n) is 4.03. The van der Waals surface area contributed by atoms with Crippen molar-refractivity contribution in [3.8, 4) is 5.75 Å². The van der Waals surface area contributed by atoms with Crippen LogP contribution in [0.5, 0.6) is 5.75 Å². The molecule has 0 radical (unpaired) electrons. The van der Waals surface area contributed by atoms with Gasteiger partial charge in [-0.3, -0.25) is 14.9 Å². The van der Waals surface area contributed by atoms with E-state index in [1.165, 1.54) is 25.3 Å². The van der Waals surface area contributed by atoms with Gasteiger partial charge < -0.3 is 15.4 Å². The van der Waals surface area contributed by atoms with Crippen LogP contribution in [0.1, 0.15) is 10.4 Å². The first kappa shape index (κ1) is 12.9. The molecule has 3 rings (SSSR count). The molecule has 2 atom stereocenters. The van der Waals surface area contributed by atoms with Crippen molar-refractivity contribution in [2.75, 3.05) is 20.2 Å². The topological polar surface area (TPSA) is 93.5 Å². The molecule has 0 spiro atoms. The molecule has 1 aliphatic heterocycles. The van der Waals surface area contributed by atoms with E-state index in [-0.39, 0.29) is 28.9 Å². The number of fused-ring (bicyclic) bond motifs is 1. The maximum atomic E-state index is 12.1. The van der Waals surface area contributed by atoms with Crippen molar-refractivity contribution in [3.63, 3.8) is 0 Å². The molecule has 0 bridgehead atoms. The highest BCUT2D eigenvalue weighted by Crippen LogP contribution is 2.41. The lowest BCUT2D eigenvalue weighted by Gasteiger charge is -2.08. The number of methoxy groups -OCH3 is 1. The van der Waals surface area contributed by atoms with E-state index in [4.69, 9.17) is 4.74 Å². The summed E-state index contributed by atoms with van der Waals surface area (Å²) in [5, 5.41) is 17.1. The highest BCUT2D eigenvalue weighted by atomic mass is 16.6. The van der Waals surface area contributed by atoms with Gasteiger partial charge in [-0.2, -0.15) is 0 Å². The first-order valence-corrected chi connectivity index (χ1v) is 6.46. The molecule has 2 N–H and O–H groups in total. The predicted octanol–water partition coefficient (Wildman–Crippen LogP) is 0.551. The molecule has 20 heavy (non-hydrogen) atoms. The number of carbonyl (C=O) groups excluding carboxylic acids is 1. The molecule has 1 saturated heterocycles. The SMILES string of the molecule is COc1ccc(C(=O)NC2C3CNCC32)cc1[N+](=O)[O-]. The van der Waals surface area contributed by atoms with E-state index >= 15 is 0 Å². The lowest BCUT2D eigenvalue weighted by atomic mass is 10.1. The number of nitrogens with one attached hydrogen (secondary N) is 2. The molecule has 7 nitrogen and oxygen atoms in total. The summed E-state index contributed by atoms with van der Waals surface area (Å²) in [5.74, 6) is 0.897. The number of rotatable bonds is 4. The Kier molecular flexibility index (Phi) is 3.06. The quantitative estimate of drug-likeness (QED) is 0.619. The number of hydrogen-bond donors (Lipinski definition) is 2. The van der Waals surface area contributed by atoms with Crippen LogP contribution in [0.25, 0.3) is 0 Å². The van der Waals surface area contributed by atoms with E-state index in [1.54, 1.807) is 0 Å². The summed E-state index contributed by atoms with van der Waals surface area (Å²) in [4.78, 5) is 22.5. The fourth-order valence-corrected chi connectivity index (χ4v) is 2.84. The van der Waals surface area contributed by atoms with Crippen molar-refractivity contribution < 1.29 is 14.5 Å². The summed E-state index contributed by atoms with van der Waals surface area (Å²) in [6, 6.07) is 4.44. The second-order valence-electron chi connectivity index (χ2n) is 5.13. The van der Waals surface area contributed by atoms with Crippen molar-refractivity contribution in [1.82, 2.24) is 10.6 Å². The van der Waals surface area contributed by atoms with Gasteiger partial charge in [-0.15, -0.1) is 0 Å². The van der Waals surface area contributed by atoms with Crippen LogP contribution in [0.15, 0.2) is 18.2 Å². The third kappa shape index (κ3) is 2.09. The van der Waals surface area contributed by atoms with E-state index in [0.717, 1.165) is 13.1 Å². The number of hydrogen-bond acceptors (Lipinski definition) is 5. The van der Waals surface area contributed by atoms with E-state index in [0.29, 0.717) is 11.8 Å². The van der Waals surface area contributed by atoms with Gasteiger partial charge in [-0.25, -0.2) is 0 Å². The van der Waals surface area contributed by atoms with Crippen LogP contribution in [0.4, 0.5) is 5.69 Å². The van der Waals surface area contributed by atoms with Crippen LogP contribution < -0.4 is 15.4 Å². The summed E-state index contributed by atoms with van der Waals surface area (Å²) in [6.45, 7) is 1.86. The summed E-state index contributed by atoms with van der Waals surface area (Å²) in [6.07, 6.45) is 0. The second-order valence-corrected chi connectivity index (χ2v) is 5.13. The zero-order chi connectivity index (χ0) is 14.3. The zero-order valence-electron chi connectivity index (χ0n) is 11.0. The van der Waals surface area contributed by atoms with E-state index in [2.05, 4.69) is 10.6 Å². The smallest absolute Gasteiger partial charge is 0.311 e. The maximum Gasteiger partial charge on any atom is 0.311 e. The molecular weight excluding hydrogens is 262 g/mol. The van der Waals surface area contributed by atoms with Crippen LogP contribution in [0.2, 0.25) is 0 Å². The van der Waals surface area contributed by atoms with Gasteiger partial charge in [0.2, 0.25) is 0 Å². The molecule has 1 heterocycles. The number of nitro groups is 1. The highest BCUT2D eigenvalue weighted by Gasteiger charge is 2.53. The van der Waals surface area contributed by atoms with Crippen molar-refractivity contribution in [2.45, 2.75) is 6.04 Å². The molecule has 2 aliphatic rings. The maximum absolute atomic E-state index is 12.1. The van der Waals surface area contributed by atoms with Gasteiger partial charge in [0.1, 0.15) is 0 Å². The van der Waals surface area contributed by atoms with Crippen molar-refractivity contribution in [2.24, 2.45) is 11.8 Å². The molecule has 1 aromatic rings. The van der Waals surface area contributed by atoms with Crippen LogP contribution >= 0.6 is 0 Å². The number of ether oxygens (including phenoxy) is 1. The second kappa shape index (κ2) is 4.75. The number of piperidine rings is 1. The van der Waals surface area contributed by atoms with Crippen LogP contribution in [0.3, 0.4) is 0 Å². The van der Waals surface area contributed by atoms with Crippen LogP contribution in [-0.4, -0.2) is 37.1 Å². The minimum absolute atomic E-state index is 0.152. The van der Waals surface area contributed by atoms with Gasteiger partial charge in [-0.1, -0.05) is 0 Å². The molecule has 1 aliphatic carbocycles. The van der Waals surface area contributed by atoms with Gasteiger partial charge in [-0.05, 0) is 24.0 Å². The van der Waals surface area contributed by atoms with Gasteiger partial charge in [0.15, 0.2) is 5.75 Å². The lowest BCUT2D eigenvalue weighted by Crippen LogP contribution is -2.32. The zero-order valence-corrected chi connectivity index (χ0v) is 11.0. The van der Waals surface area contributed by atoms with Gasteiger partial charge in [0, 0.05) is 30.8 Å². The average molecular weight is 277 g/mol. The summed E-state index contributed by atoms with van der Waals surface area (Å²) in [5.41, 5.74) is 0.0910. The third-order valence-corrected chi connectivity index (χ3v) is 4.03. The molecule has 7 heteroatoms. The van der Waals surface area contributed by atoms with Gasteiger partial charge >= 0.3 is 5.69 Å². The van der Waals surface area contributed by atoms with Gasteiger partial charge in [0.05, 0.1) is 12.0 Å². The Bertz CT molecular complexity index is 565. The Hall–Kier alpha value is -2.15. The van der Waals surface area contributed by atoms with Gasteiger partial charge in [0.25, 0.3) is 5.91 Å². The molecular formula is C13H15N3O4. The first-order valence-electron chi connectivity index (χ1n) is 6.46. The monoisotopic (exact) mass is 277 g/mol. The Morgan fingerprint density at radius 3 is 2.75 bits per heavy atom. The number of nitro benzene ring substituents is 1. The molecule has 2 unspecified atom stereocenters. The minimum Gasteiger partial charge on any atom is -0.490 e. The molecule has 106 valence electrons. The lowest BCUT2D eigenvalue weighted by molar-refractivity contribution is -0.385. The number of benzene rings is 1. The van der Waals surface area contributed by atoms with E-state index in [9.17, 15) is 14.9 Å². The molecule has 2 fully saturated rings. The molecule has 1 amide bonds. The summed E-state index contributed by atoms with van der Waals surface area (Å²) < 4.78 is 4.91. The Morgan fingerprint density at radius 2 is 2.15 bits per heavy atom. The molecule has 1 aromatic carbocycles. The predicted molar refractivity (Wildman–Crippen MR) is 70.8 cm³/mol. The van der Waals surface area contributed by atoms with Crippen LogP contribution in [-0.2, 0) is 0 Å². The molecule has 1 saturated carbocycles. The summed E-state index contributed by atoms with van der Waals surface area (Å²) >= 11 is 0. The van der Waals surface area contributed by atoms with E-state index < -0.39 is 4.92 Å². The number of carbonyl (C=O) groups is 1. The van der Waals surface area contributed by atoms with Crippen LogP contribution in [0, 0.1) is 22.0 Å². The van der Waals surface area contributed by atoms with Crippen molar-refractivity contribution in [3.05, 3.63) is 33.9 Å². The van der Waals surface area contributed by atoms with Crippen molar-refractivity contribution in [1.29, 1.82) is 0 Å². The largest absolute Gasteiger partial charge is 0.490 e. The molecule has 0 aromatic heterocycles.